The van der Waals surface area contributed by atoms with Crippen LogP contribution >= 0.6 is 0 Å². The molecular formula is C38H51N5O8. The van der Waals surface area contributed by atoms with Gasteiger partial charge in [0.05, 0.1) is 36.7 Å². The van der Waals surface area contributed by atoms with Crippen LogP contribution < -0.4 is 21.3 Å². The van der Waals surface area contributed by atoms with Crippen LogP contribution in [0.3, 0.4) is 0 Å². The molecule has 1 saturated heterocycles. The van der Waals surface area contributed by atoms with Crippen molar-refractivity contribution in [2.45, 2.75) is 83.4 Å². The van der Waals surface area contributed by atoms with E-state index in [4.69, 9.17) is 9.47 Å². The maximum atomic E-state index is 13.6. The van der Waals surface area contributed by atoms with Gasteiger partial charge in [0.25, 0.3) is 0 Å². The van der Waals surface area contributed by atoms with E-state index in [1.54, 1.807) is 67.4 Å². The van der Waals surface area contributed by atoms with Crippen LogP contribution in [0.25, 0.3) is 0 Å². The van der Waals surface area contributed by atoms with Crippen LogP contribution in [-0.2, 0) is 40.1 Å². The highest BCUT2D eigenvalue weighted by Gasteiger charge is 2.42. The molecule has 0 radical (unpaired) electrons. The van der Waals surface area contributed by atoms with Crippen LogP contribution in [0, 0.1) is 11.8 Å². The van der Waals surface area contributed by atoms with E-state index in [-0.39, 0.29) is 80.4 Å². The monoisotopic (exact) mass is 705 g/mol. The molecule has 2 fully saturated rings. The van der Waals surface area contributed by atoms with E-state index in [1.165, 1.54) is 6.92 Å². The number of likely N-dealkylation sites (tertiary alicyclic amines) is 1. The van der Waals surface area contributed by atoms with Gasteiger partial charge in [0.2, 0.25) is 23.6 Å². The Balaban J connectivity index is 1.24. The average molecular weight is 706 g/mol. The number of benzene rings is 2. The average Bonchev–Trinajstić information content (AvgIpc) is 3.15. The summed E-state index contributed by atoms with van der Waals surface area (Å²) in [5.74, 6) is -2.30. The topological polar surface area (TPSA) is 172 Å². The maximum absolute atomic E-state index is 13.6. The van der Waals surface area contributed by atoms with Gasteiger partial charge in [-0.3, -0.25) is 24.0 Å². The number of nitrogens with one attached hydrogen (secondary N) is 4. The summed E-state index contributed by atoms with van der Waals surface area (Å²) < 4.78 is 10.3. The van der Waals surface area contributed by atoms with Crippen molar-refractivity contribution < 1.29 is 38.2 Å². The first kappa shape index (κ1) is 39.0. The molecule has 4 amide bonds. The Morgan fingerprint density at radius 2 is 1.61 bits per heavy atom. The first-order valence-electron chi connectivity index (χ1n) is 17.8. The second kappa shape index (κ2) is 19.0. The zero-order chi connectivity index (χ0) is 36.8. The van der Waals surface area contributed by atoms with Crippen molar-refractivity contribution in [1.82, 2.24) is 20.9 Å². The molecule has 0 spiro atoms. The molecule has 2 aromatic rings. The number of piperidine rings is 1. The summed E-state index contributed by atoms with van der Waals surface area (Å²) in [6.07, 6.45) is 6.10. The van der Waals surface area contributed by atoms with E-state index in [0.717, 1.165) is 31.2 Å². The standard InChI is InChI=1S/C38H51N5O8/c1-26(44)51-25-27-15-17-31(18-16-27)42-33(45)22-40-35(47)30-21-29-13-7-8-14-32(29)43(24-30)34(46)23-41-37(49)38(2,39-3)19-9-10-20-50-36(48)28-11-5-4-6-12-28/h4-6,11-12,15-18,29-30,32,39H,7-10,13-14,19-25H2,1-3H3,(H,40,47)(H,41,49)(H,42,45)/t29?,30-,32?,38?/m1/s1. The normalized spacial score (nSPS) is 19.4. The number of amides is 4. The Kier molecular flexibility index (Phi) is 14.5. The highest BCUT2D eigenvalue weighted by Crippen LogP contribution is 2.37. The Bertz CT molecular complexity index is 1520. The molecule has 2 aliphatic rings. The Morgan fingerprint density at radius 1 is 0.882 bits per heavy atom. The minimum Gasteiger partial charge on any atom is -0.462 e. The van der Waals surface area contributed by atoms with Crippen LogP contribution in [0.5, 0.6) is 0 Å². The molecule has 1 heterocycles. The van der Waals surface area contributed by atoms with Gasteiger partial charge in [0.1, 0.15) is 6.61 Å². The molecule has 1 aliphatic carbocycles. The molecule has 0 bridgehead atoms. The maximum Gasteiger partial charge on any atom is 0.338 e. The summed E-state index contributed by atoms with van der Waals surface area (Å²) in [6.45, 7) is 3.29. The predicted molar refractivity (Wildman–Crippen MR) is 190 cm³/mol. The third-order valence-corrected chi connectivity index (χ3v) is 9.83. The highest BCUT2D eigenvalue weighted by molar-refractivity contribution is 5.95. The number of fused-ring (bicyclic) bond motifs is 1. The lowest BCUT2D eigenvalue weighted by Crippen LogP contribution is -2.59. The van der Waals surface area contributed by atoms with Crippen molar-refractivity contribution in [3.05, 3.63) is 65.7 Å². The van der Waals surface area contributed by atoms with Crippen molar-refractivity contribution in [3.63, 3.8) is 0 Å². The molecule has 2 aromatic carbocycles. The first-order chi connectivity index (χ1) is 24.5. The summed E-state index contributed by atoms with van der Waals surface area (Å²) in [5.41, 5.74) is 0.873. The summed E-state index contributed by atoms with van der Waals surface area (Å²) in [5, 5.41) is 11.4. The molecule has 4 N–H and O–H groups in total. The van der Waals surface area contributed by atoms with E-state index in [9.17, 15) is 28.8 Å². The molecule has 1 aliphatic heterocycles. The van der Waals surface area contributed by atoms with E-state index in [2.05, 4.69) is 21.3 Å². The fourth-order valence-corrected chi connectivity index (χ4v) is 6.76. The van der Waals surface area contributed by atoms with E-state index in [0.29, 0.717) is 36.9 Å². The number of ether oxygens (including phenoxy) is 2. The smallest absolute Gasteiger partial charge is 0.338 e. The quantitative estimate of drug-likeness (QED) is 0.151. The Hall–Kier alpha value is -4.78. The zero-order valence-electron chi connectivity index (χ0n) is 29.8. The van der Waals surface area contributed by atoms with Gasteiger partial charge < -0.3 is 35.6 Å². The lowest BCUT2D eigenvalue weighted by Gasteiger charge is -2.46. The largest absolute Gasteiger partial charge is 0.462 e. The summed E-state index contributed by atoms with van der Waals surface area (Å²) >= 11 is 0. The highest BCUT2D eigenvalue weighted by atomic mass is 16.5. The van der Waals surface area contributed by atoms with Crippen LogP contribution in [0.15, 0.2) is 54.6 Å². The fraction of sp³-hybridized carbons (Fsp3) is 0.526. The number of likely N-dealkylation sites (N-methyl/N-ethyl adjacent to an activating group) is 1. The lowest BCUT2D eigenvalue weighted by molar-refractivity contribution is -0.144. The number of hydrogen-bond acceptors (Lipinski definition) is 9. The lowest BCUT2D eigenvalue weighted by atomic mass is 9.74. The summed E-state index contributed by atoms with van der Waals surface area (Å²) in [6, 6.07) is 15.6. The molecule has 0 aromatic heterocycles. The molecule has 4 atom stereocenters. The molecule has 13 heteroatoms. The molecule has 13 nitrogen and oxygen atoms in total. The third kappa shape index (κ3) is 11.6. The molecule has 1 saturated carbocycles. The van der Waals surface area contributed by atoms with Crippen molar-refractivity contribution in [1.29, 1.82) is 0 Å². The molecule has 51 heavy (non-hydrogen) atoms. The van der Waals surface area contributed by atoms with Crippen molar-refractivity contribution in [3.8, 4) is 0 Å². The van der Waals surface area contributed by atoms with E-state index in [1.807, 2.05) is 6.07 Å². The van der Waals surface area contributed by atoms with Gasteiger partial charge >= 0.3 is 11.9 Å². The number of anilines is 1. The molecule has 4 rings (SSSR count). The molecular weight excluding hydrogens is 654 g/mol. The number of carbonyl (C=O) groups is 6. The van der Waals surface area contributed by atoms with E-state index >= 15 is 0 Å². The van der Waals surface area contributed by atoms with Crippen molar-refractivity contribution in [2.24, 2.45) is 11.8 Å². The number of nitrogens with zero attached hydrogens (tertiary/aromatic N) is 1. The van der Waals surface area contributed by atoms with Crippen LogP contribution in [0.2, 0.25) is 0 Å². The number of unbranched alkanes of at least 4 members (excludes halogenated alkanes) is 1. The molecule has 3 unspecified atom stereocenters. The second-order valence-corrected chi connectivity index (χ2v) is 13.6. The fourth-order valence-electron chi connectivity index (χ4n) is 6.76. The van der Waals surface area contributed by atoms with Gasteiger partial charge in [-0.1, -0.05) is 43.2 Å². The predicted octanol–water partition coefficient (Wildman–Crippen LogP) is 3.33. The van der Waals surface area contributed by atoms with Crippen LogP contribution in [0.4, 0.5) is 5.69 Å². The van der Waals surface area contributed by atoms with Crippen LogP contribution in [-0.4, -0.2) is 85.3 Å². The first-order valence-corrected chi connectivity index (χ1v) is 17.8. The Morgan fingerprint density at radius 3 is 2.31 bits per heavy atom. The number of esters is 2. The number of carbonyl (C=O) groups excluding carboxylic acids is 6. The van der Waals surface area contributed by atoms with Crippen LogP contribution in [0.1, 0.15) is 81.1 Å². The third-order valence-electron chi connectivity index (χ3n) is 9.83. The SMILES string of the molecule is CNC(C)(CCCCOC(=O)c1ccccc1)C(=O)NCC(=O)N1C[C@H](C(=O)NCC(=O)Nc2ccc(COC(C)=O)cc2)CC2CCCCC21. The van der Waals surface area contributed by atoms with Gasteiger partial charge in [-0.15, -0.1) is 0 Å². The van der Waals surface area contributed by atoms with Gasteiger partial charge in [0, 0.05) is 25.2 Å². The van der Waals surface area contributed by atoms with Gasteiger partial charge in [-0.25, -0.2) is 4.79 Å². The number of rotatable bonds is 16. The second-order valence-electron chi connectivity index (χ2n) is 13.6. The Labute approximate surface area is 299 Å². The minimum atomic E-state index is -0.937. The van der Waals surface area contributed by atoms with Gasteiger partial charge in [0.15, 0.2) is 0 Å². The van der Waals surface area contributed by atoms with E-state index < -0.39 is 11.5 Å². The summed E-state index contributed by atoms with van der Waals surface area (Å²) in [4.78, 5) is 77.7. The number of hydrogen-bond donors (Lipinski definition) is 4. The van der Waals surface area contributed by atoms with Gasteiger partial charge in [-0.2, -0.15) is 0 Å². The van der Waals surface area contributed by atoms with Crippen molar-refractivity contribution >= 4 is 41.3 Å². The van der Waals surface area contributed by atoms with Gasteiger partial charge in [-0.05, 0) is 88.2 Å². The zero-order valence-corrected chi connectivity index (χ0v) is 29.8. The van der Waals surface area contributed by atoms with Crippen molar-refractivity contribution in [2.75, 3.05) is 38.6 Å². The minimum absolute atomic E-state index is 0.00796. The summed E-state index contributed by atoms with van der Waals surface area (Å²) in [7, 11) is 1.70. The molecule has 276 valence electrons.